The molecule has 12 aromatic carbocycles. The second-order valence-electron chi connectivity index (χ2n) is 25.2. The van der Waals surface area contributed by atoms with E-state index in [4.69, 9.17) is 6.58 Å². The summed E-state index contributed by atoms with van der Waals surface area (Å²) in [6, 6.07) is 84.8. The summed E-state index contributed by atoms with van der Waals surface area (Å²) < 4.78 is 0. The largest absolute Gasteiger partial charge is 0.310 e. The number of aryl methyl sites for hydroxylation is 1. The van der Waals surface area contributed by atoms with Gasteiger partial charge in [-0.25, -0.2) is 0 Å². The highest BCUT2D eigenvalue weighted by molar-refractivity contribution is 6.09. The molecule has 0 fully saturated rings. The summed E-state index contributed by atoms with van der Waals surface area (Å²) in [4.78, 5) is 7.59. The second kappa shape index (κ2) is 18.5. The predicted molar refractivity (Wildman–Crippen MR) is 361 cm³/mol. The van der Waals surface area contributed by atoms with Gasteiger partial charge in [0.1, 0.15) is 0 Å². The summed E-state index contributed by atoms with van der Waals surface area (Å²) in [7, 11) is 0. The van der Waals surface area contributed by atoms with Crippen molar-refractivity contribution >= 4 is 101 Å². The summed E-state index contributed by atoms with van der Waals surface area (Å²) in [5.74, 6) is 0. The van der Waals surface area contributed by atoms with Crippen molar-refractivity contribution in [2.45, 2.75) is 64.2 Å². The van der Waals surface area contributed by atoms with E-state index in [0.717, 1.165) is 48.3 Å². The average Bonchev–Trinajstić information content (AvgIpc) is 0.697. The van der Waals surface area contributed by atoms with E-state index in [2.05, 4.69) is 291 Å². The number of allylic oxidation sites excluding steroid dienone is 2. The monoisotopic (exact) mass is 1090 g/mol. The Hall–Kier alpha value is -9.96. The summed E-state index contributed by atoms with van der Waals surface area (Å²) in [6.07, 6.45) is 13.5. The minimum atomic E-state index is -0.299. The van der Waals surface area contributed by atoms with Gasteiger partial charge in [-0.2, -0.15) is 0 Å². The fourth-order valence-corrected chi connectivity index (χ4v) is 15.2. The quantitative estimate of drug-likeness (QED) is 0.150. The normalized spacial score (nSPS) is 15.2. The van der Waals surface area contributed by atoms with Gasteiger partial charge in [0.15, 0.2) is 0 Å². The number of anilines is 9. The molecular formula is C82H63N3. The van der Waals surface area contributed by atoms with Crippen LogP contribution >= 0.6 is 0 Å². The van der Waals surface area contributed by atoms with Crippen molar-refractivity contribution in [3.05, 3.63) is 299 Å². The molecule has 3 heteroatoms. The number of nitrogens with zero attached hydrogens (tertiary/aromatic N) is 3. The zero-order valence-corrected chi connectivity index (χ0v) is 48.5. The van der Waals surface area contributed by atoms with Gasteiger partial charge < -0.3 is 14.7 Å². The molecular weight excluding hydrogens is 1030 g/mol. The molecule has 0 aromatic heterocycles. The molecule has 406 valence electrons. The lowest BCUT2D eigenvalue weighted by Crippen LogP contribution is -2.40. The SMILES string of the molecule is C=C1c2cc(-c3ccc(N(c4ccc5ccccc5c4)c4ccc5ccccc5c4)cc3)cc3c2N2c4c1cc(-c1ccc(N(c5ccc6c(c5)CCC=C6)c5ccc6ccccc6c5)c5c1C=CCC5)cc4C(C)(C)c1cccc(c12)C3(C)C. The van der Waals surface area contributed by atoms with Crippen molar-refractivity contribution in [2.75, 3.05) is 14.7 Å². The smallest absolute Gasteiger partial charge is 0.0581 e. The molecule has 0 amide bonds. The molecule has 0 saturated heterocycles. The second-order valence-corrected chi connectivity index (χ2v) is 25.2. The van der Waals surface area contributed by atoms with Crippen LogP contribution < -0.4 is 14.7 Å². The molecule has 0 N–H and O–H groups in total. The predicted octanol–water partition coefficient (Wildman–Crippen LogP) is 22.5. The van der Waals surface area contributed by atoms with Crippen LogP contribution in [-0.4, -0.2) is 0 Å². The lowest BCUT2D eigenvalue weighted by atomic mass is 9.63. The molecule has 3 heterocycles. The number of fused-ring (bicyclic) bond motifs is 5. The van der Waals surface area contributed by atoms with E-state index < -0.39 is 0 Å². The lowest BCUT2D eigenvalue weighted by Gasteiger charge is -2.52. The number of hydrogen-bond acceptors (Lipinski definition) is 3. The maximum atomic E-state index is 5.15. The van der Waals surface area contributed by atoms with Crippen LogP contribution in [0.2, 0.25) is 0 Å². The van der Waals surface area contributed by atoms with Gasteiger partial charge in [-0.1, -0.05) is 192 Å². The van der Waals surface area contributed by atoms with E-state index >= 15 is 0 Å². The van der Waals surface area contributed by atoms with Gasteiger partial charge in [-0.05, 0) is 221 Å². The van der Waals surface area contributed by atoms with Crippen molar-refractivity contribution in [1.82, 2.24) is 0 Å². The van der Waals surface area contributed by atoms with E-state index in [-0.39, 0.29) is 10.8 Å². The van der Waals surface area contributed by atoms with Crippen molar-refractivity contribution in [1.29, 1.82) is 0 Å². The van der Waals surface area contributed by atoms with Crippen LogP contribution in [0.1, 0.15) is 96.2 Å². The molecule has 85 heavy (non-hydrogen) atoms. The van der Waals surface area contributed by atoms with E-state index in [0.29, 0.717) is 0 Å². The molecule has 0 atom stereocenters. The van der Waals surface area contributed by atoms with E-state index in [1.165, 1.54) is 144 Å². The van der Waals surface area contributed by atoms with Crippen LogP contribution in [0, 0.1) is 0 Å². The minimum absolute atomic E-state index is 0.291. The number of rotatable bonds is 8. The summed E-state index contributed by atoms with van der Waals surface area (Å²) >= 11 is 0. The molecule has 0 bridgehead atoms. The van der Waals surface area contributed by atoms with Crippen molar-refractivity contribution in [3.63, 3.8) is 0 Å². The highest BCUT2D eigenvalue weighted by Gasteiger charge is 2.49. The van der Waals surface area contributed by atoms with Crippen LogP contribution in [0.5, 0.6) is 0 Å². The maximum Gasteiger partial charge on any atom is 0.0581 e. The number of para-hydroxylation sites is 1. The van der Waals surface area contributed by atoms with Gasteiger partial charge in [0.05, 0.1) is 17.1 Å². The Morgan fingerprint density at radius 3 is 1.49 bits per heavy atom. The molecule has 12 aromatic rings. The topological polar surface area (TPSA) is 9.72 Å². The molecule has 3 nitrogen and oxygen atoms in total. The maximum absolute atomic E-state index is 5.15. The van der Waals surface area contributed by atoms with Crippen LogP contribution in [-0.2, 0) is 23.7 Å². The van der Waals surface area contributed by atoms with Crippen molar-refractivity contribution in [2.24, 2.45) is 0 Å². The fourth-order valence-electron chi connectivity index (χ4n) is 15.2. The summed E-state index contributed by atoms with van der Waals surface area (Å²) in [5, 5.41) is 7.38. The number of benzene rings is 12. The fraction of sp³-hybridized carbons (Fsp3) is 0.122. The van der Waals surface area contributed by atoms with Crippen molar-refractivity contribution < 1.29 is 0 Å². The van der Waals surface area contributed by atoms with Gasteiger partial charge in [-0.3, -0.25) is 0 Å². The highest BCUT2D eigenvalue weighted by Crippen LogP contribution is 2.66. The van der Waals surface area contributed by atoms with Gasteiger partial charge in [0, 0.05) is 56.1 Å². The standard InChI is InChI=1S/C82H63N3/c1-51-71-47-61(56-29-35-63(36-30-56)83(64-37-31-52-17-6-10-21-57(52)43-64)65-38-32-53-18-7-11-22-58(53)44-65)49-75-78(71)85-79-72(51)48-62(50-76(79)82(4,5)74-28-16-27-73(80(74)85)81(75,2)3)68-41-42-77(70-26-15-14-25-69(68)70)84(66-39-33-54-19-8-12-23-59(54)45-66)67-40-34-55-20-9-13-24-60(55)46-67/h6-12,14,16-23,25,27-50H,1,13,15,24,26H2,2-5H3. The Balaban J connectivity index is 0.815. The number of hydrogen-bond donors (Lipinski definition) is 0. The zero-order valence-electron chi connectivity index (χ0n) is 48.5. The Labute approximate surface area is 498 Å². The molecule has 2 aliphatic carbocycles. The Bertz CT molecular complexity index is 4850. The minimum Gasteiger partial charge on any atom is -0.310 e. The molecule has 3 aliphatic heterocycles. The first-order valence-corrected chi connectivity index (χ1v) is 30.4. The molecule has 17 rings (SSSR count). The average molecular weight is 1090 g/mol. The van der Waals surface area contributed by atoms with Gasteiger partial charge in [-0.15, -0.1) is 0 Å². The molecule has 0 spiro atoms. The summed E-state index contributed by atoms with van der Waals surface area (Å²) in [5.41, 5.74) is 29.3. The first kappa shape index (κ1) is 49.6. The summed E-state index contributed by atoms with van der Waals surface area (Å²) in [6.45, 7) is 14.9. The molecule has 0 radical (unpaired) electrons. The van der Waals surface area contributed by atoms with E-state index in [9.17, 15) is 0 Å². The van der Waals surface area contributed by atoms with E-state index in [1.807, 2.05) is 0 Å². The van der Waals surface area contributed by atoms with Gasteiger partial charge >= 0.3 is 0 Å². The zero-order chi connectivity index (χ0) is 56.9. The van der Waals surface area contributed by atoms with E-state index in [1.54, 1.807) is 0 Å². The first-order chi connectivity index (χ1) is 41.5. The van der Waals surface area contributed by atoms with Gasteiger partial charge in [0.25, 0.3) is 0 Å². The van der Waals surface area contributed by atoms with Crippen LogP contribution in [0.4, 0.5) is 51.2 Å². The first-order valence-electron chi connectivity index (χ1n) is 30.4. The van der Waals surface area contributed by atoms with Crippen LogP contribution in [0.25, 0.3) is 72.3 Å². The van der Waals surface area contributed by atoms with Crippen LogP contribution in [0.3, 0.4) is 0 Å². The lowest BCUT2D eigenvalue weighted by molar-refractivity contribution is 0.596. The third-order valence-electron chi connectivity index (χ3n) is 19.7. The third kappa shape index (κ3) is 7.52. The van der Waals surface area contributed by atoms with Crippen LogP contribution in [0.15, 0.2) is 243 Å². The Morgan fingerprint density at radius 2 is 0.882 bits per heavy atom. The highest BCUT2D eigenvalue weighted by atomic mass is 15.2. The molecule has 0 unspecified atom stereocenters. The molecule has 0 saturated carbocycles. The van der Waals surface area contributed by atoms with Gasteiger partial charge in [0.2, 0.25) is 0 Å². The molecule has 5 aliphatic rings. The Morgan fingerprint density at radius 1 is 0.376 bits per heavy atom. The Kier molecular flexibility index (Phi) is 10.8. The van der Waals surface area contributed by atoms with Crippen molar-refractivity contribution in [3.8, 4) is 22.3 Å². The third-order valence-corrected chi connectivity index (χ3v) is 19.7.